The van der Waals surface area contributed by atoms with Gasteiger partial charge >= 0.3 is 0 Å². The molecule has 0 aliphatic carbocycles. The molecule has 0 aromatic carbocycles. The van der Waals surface area contributed by atoms with Crippen LogP contribution < -0.4 is 4.72 Å². The summed E-state index contributed by atoms with van der Waals surface area (Å²) in [5.41, 5.74) is 0. The molecule has 0 aliphatic rings. The van der Waals surface area contributed by atoms with Gasteiger partial charge in [0, 0.05) is 0 Å². The Kier molecular flexibility index (Phi) is 2.79. The lowest BCUT2D eigenvalue weighted by atomic mass is 10.5. The van der Waals surface area contributed by atoms with Gasteiger partial charge in [0.2, 0.25) is 0 Å². The largest absolute Gasteiger partial charge is 0.335 e. The van der Waals surface area contributed by atoms with Gasteiger partial charge in [0.15, 0.2) is 5.03 Å². The third kappa shape index (κ3) is 2.63. The van der Waals surface area contributed by atoms with Crippen LogP contribution in [0.1, 0.15) is 6.92 Å². The van der Waals surface area contributed by atoms with E-state index in [2.05, 4.69) is 14.7 Å². The molecule has 72 valence electrons. The number of carbonyl (C=O) groups is 1. The van der Waals surface area contributed by atoms with Crippen LogP contribution >= 0.6 is 0 Å². The third-order valence-electron chi connectivity index (χ3n) is 1.27. The number of imidazole rings is 1. The Morgan fingerprint density at radius 1 is 1.69 bits per heavy atom. The molecule has 1 aromatic heterocycles. The van der Waals surface area contributed by atoms with E-state index in [4.69, 9.17) is 0 Å². The molecule has 6 nitrogen and oxygen atoms in total. The molecule has 0 fully saturated rings. The second kappa shape index (κ2) is 3.67. The highest BCUT2D eigenvalue weighted by molar-refractivity contribution is 7.89. The minimum absolute atomic E-state index is 0.0475. The highest BCUT2D eigenvalue weighted by Crippen LogP contribution is 2.00. The first kappa shape index (κ1) is 9.87. The predicted octanol–water partition coefficient (Wildman–Crippen LogP) is -0.723. The molecule has 0 bridgehead atoms. The lowest BCUT2D eigenvalue weighted by Crippen LogP contribution is -2.28. The molecule has 1 heterocycles. The monoisotopic (exact) mass is 203 g/mol. The number of nitrogens with zero attached hydrogens (tertiary/aromatic N) is 1. The van der Waals surface area contributed by atoms with Crippen LogP contribution in [0.4, 0.5) is 0 Å². The number of aromatic amines is 1. The van der Waals surface area contributed by atoms with E-state index in [0.29, 0.717) is 0 Å². The summed E-state index contributed by atoms with van der Waals surface area (Å²) in [6.07, 6.45) is 2.42. The molecule has 1 rings (SSSR count). The van der Waals surface area contributed by atoms with Gasteiger partial charge in [-0.2, -0.15) is 0 Å². The van der Waals surface area contributed by atoms with Crippen molar-refractivity contribution in [2.75, 3.05) is 6.54 Å². The standard InChI is InChI=1S/C6H9N3O3S/c1-5(10)2-9-13(11,12)6-3-7-4-8-6/h3-4,9H,2H2,1H3,(H,7,8). The molecule has 0 unspecified atom stereocenters. The van der Waals surface area contributed by atoms with Crippen LogP contribution in [0.5, 0.6) is 0 Å². The molecule has 0 spiro atoms. The maximum absolute atomic E-state index is 11.3. The molecule has 0 radical (unpaired) electrons. The summed E-state index contributed by atoms with van der Waals surface area (Å²) in [6.45, 7) is 1.09. The van der Waals surface area contributed by atoms with Crippen molar-refractivity contribution in [3.63, 3.8) is 0 Å². The zero-order chi connectivity index (χ0) is 9.90. The van der Waals surface area contributed by atoms with Gasteiger partial charge in [-0.15, -0.1) is 0 Å². The fraction of sp³-hybridized carbons (Fsp3) is 0.333. The number of H-pyrrole nitrogens is 1. The van der Waals surface area contributed by atoms with Crippen molar-refractivity contribution in [3.8, 4) is 0 Å². The molecule has 7 heteroatoms. The number of ketones is 1. The number of hydrogen-bond acceptors (Lipinski definition) is 4. The van der Waals surface area contributed by atoms with Crippen LogP contribution in [-0.2, 0) is 14.8 Å². The van der Waals surface area contributed by atoms with E-state index in [9.17, 15) is 13.2 Å². The average Bonchev–Trinajstić information content (AvgIpc) is 2.53. The Hall–Kier alpha value is -1.21. The molecule has 0 saturated carbocycles. The number of Topliss-reactive ketones (excluding diaryl/α,β-unsaturated/α-hetero) is 1. The van der Waals surface area contributed by atoms with Gasteiger partial charge in [-0.25, -0.2) is 18.1 Å². The summed E-state index contributed by atoms with van der Waals surface area (Å²) >= 11 is 0. The fourth-order valence-electron chi connectivity index (χ4n) is 0.664. The van der Waals surface area contributed by atoms with Crippen molar-refractivity contribution in [1.29, 1.82) is 0 Å². The second-order valence-corrected chi connectivity index (χ2v) is 4.18. The molecule has 13 heavy (non-hydrogen) atoms. The molecule has 0 amide bonds. The van der Waals surface area contributed by atoms with Gasteiger partial charge < -0.3 is 4.98 Å². The lowest BCUT2D eigenvalue weighted by molar-refractivity contribution is -0.115. The lowest BCUT2D eigenvalue weighted by Gasteiger charge is -2.00. The zero-order valence-electron chi connectivity index (χ0n) is 6.94. The van der Waals surface area contributed by atoms with Crippen molar-refractivity contribution in [3.05, 3.63) is 12.5 Å². The SMILES string of the molecule is CC(=O)CNS(=O)(=O)c1cnc[nH]1. The summed E-state index contributed by atoms with van der Waals surface area (Å²) in [5, 5.41) is -0.0475. The molecule has 0 saturated heterocycles. The Morgan fingerprint density at radius 3 is 2.85 bits per heavy atom. The van der Waals surface area contributed by atoms with Crippen molar-refractivity contribution < 1.29 is 13.2 Å². The quantitative estimate of drug-likeness (QED) is 0.675. The van der Waals surface area contributed by atoms with E-state index in [-0.39, 0.29) is 17.4 Å². The molecule has 1 aromatic rings. The van der Waals surface area contributed by atoms with Gasteiger partial charge in [-0.3, -0.25) is 4.79 Å². The topological polar surface area (TPSA) is 91.9 Å². The maximum Gasteiger partial charge on any atom is 0.258 e. The number of sulfonamides is 1. The third-order valence-corrected chi connectivity index (χ3v) is 2.60. The van der Waals surface area contributed by atoms with Crippen molar-refractivity contribution in [2.45, 2.75) is 11.9 Å². The van der Waals surface area contributed by atoms with Crippen LogP contribution in [0, 0.1) is 0 Å². The first-order valence-electron chi connectivity index (χ1n) is 3.50. The minimum Gasteiger partial charge on any atom is -0.335 e. The Balaban J connectivity index is 2.74. The predicted molar refractivity (Wildman–Crippen MR) is 44.5 cm³/mol. The number of aromatic nitrogens is 2. The molecule has 0 aliphatic heterocycles. The van der Waals surface area contributed by atoms with Crippen LogP contribution in [0.3, 0.4) is 0 Å². The number of hydrogen-bond donors (Lipinski definition) is 2. The molecular weight excluding hydrogens is 194 g/mol. The van der Waals surface area contributed by atoms with Crippen molar-refractivity contribution >= 4 is 15.8 Å². The molecular formula is C6H9N3O3S. The van der Waals surface area contributed by atoms with Crippen LogP contribution in [0.25, 0.3) is 0 Å². The second-order valence-electron chi connectivity index (χ2n) is 2.44. The number of nitrogens with one attached hydrogen (secondary N) is 2. The Morgan fingerprint density at radius 2 is 2.38 bits per heavy atom. The van der Waals surface area contributed by atoms with Crippen molar-refractivity contribution in [2.24, 2.45) is 0 Å². The van der Waals surface area contributed by atoms with E-state index in [1.165, 1.54) is 19.4 Å². The minimum atomic E-state index is -3.60. The number of rotatable bonds is 4. The highest BCUT2D eigenvalue weighted by Gasteiger charge is 2.14. The van der Waals surface area contributed by atoms with E-state index in [0.717, 1.165) is 0 Å². The summed E-state index contributed by atoms with van der Waals surface area (Å²) in [5.74, 6) is -0.247. The number of carbonyl (C=O) groups excluding carboxylic acids is 1. The molecule has 2 N–H and O–H groups in total. The zero-order valence-corrected chi connectivity index (χ0v) is 7.76. The van der Waals surface area contributed by atoms with Gasteiger partial charge in [0.25, 0.3) is 10.0 Å². The summed E-state index contributed by atoms with van der Waals surface area (Å²) < 4.78 is 24.6. The van der Waals surface area contributed by atoms with E-state index < -0.39 is 10.0 Å². The first-order chi connectivity index (χ1) is 6.02. The van der Waals surface area contributed by atoms with Crippen LogP contribution in [-0.4, -0.2) is 30.7 Å². The van der Waals surface area contributed by atoms with Gasteiger partial charge in [-0.05, 0) is 6.92 Å². The maximum atomic E-state index is 11.3. The van der Waals surface area contributed by atoms with Gasteiger partial charge in [0.05, 0.1) is 19.1 Å². The average molecular weight is 203 g/mol. The Bertz CT molecular complexity index is 381. The van der Waals surface area contributed by atoms with E-state index in [1.807, 2.05) is 0 Å². The van der Waals surface area contributed by atoms with Crippen LogP contribution in [0.2, 0.25) is 0 Å². The normalized spacial score (nSPS) is 11.5. The first-order valence-corrected chi connectivity index (χ1v) is 4.98. The summed E-state index contributed by atoms with van der Waals surface area (Å²) in [7, 11) is -3.60. The van der Waals surface area contributed by atoms with Gasteiger partial charge in [0.1, 0.15) is 5.78 Å². The van der Waals surface area contributed by atoms with Gasteiger partial charge in [-0.1, -0.05) is 0 Å². The van der Waals surface area contributed by atoms with E-state index in [1.54, 1.807) is 0 Å². The fourth-order valence-corrected chi connectivity index (χ4v) is 1.62. The summed E-state index contributed by atoms with van der Waals surface area (Å²) in [6, 6.07) is 0. The van der Waals surface area contributed by atoms with E-state index >= 15 is 0 Å². The van der Waals surface area contributed by atoms with Crippen LogP contribution in [0.15, 0.2) is 17.6 Å². The summed E-state index contributed by atoms with van der Waals surface area (Å²) in [4.78, 5) is 16.5. The Labute approximate surface area is 75.4 Å². The molecule has 0 atom stereocenters. The smallest absolute Gasteiger partial charge is 0.258 e. The van der Waals surface area contributed by atoms with Crippen molar-refractivity contribution in [1.82, 2.24) is 14.7 Å². The highest BCUT2D eigenvalue weighted by atomic mass is 32.2.